The number of amides is 1. The van der Waals surface area contributed by atoms with Crippen LogP contribution >= 0.6 is 0 Å². The van der Waals surface area contributed by atoms with Crippen LogP contribution in [0.25, 0.3) is 0 Å². The van der Waals surface area contributed by atoms with E-state index in [2.05, 4.69) is 5.32 Å². The van der Waals surface area contributed by atoms with Gasteiger partial charge in [0, 0.05) is 12.3 Å². The lowest BCUT2D eigenvalue weighted by Crippen LogP contribution is -2.23. The number of carbonyl (C=O) groups is 2. The van der Waals surface area contributed by atoms with Crippen molar-refractivity contribution in [1.82, 2.24) is 0 Å². The molecule has 0 bridgehead atoms. The van der Waals surface area contributed by atoms with Crippen molar-refractivity contribution in [2.24, 2.45) is 5.92 Å². The first kappa shape index (κ1) is 13.4. The van der Waals surface area contributed by atoms with Crippen LogP contribution in [0.1, 0.15) is 16.8 Å². The summed E-state index contributed by atoms with van der Waals surface area (Å²) in [6.07, 6.45) is 0.546. The summed E-state index contributed by atoms with van der Waals surface area (Å²) in [4.78, 5) is 22.3. The number of ether oxygens (including phenoxy) is 1. The van der Waals surface area contributed by atoms with Crippen LogP contribution in [0.4, 0.5) is 14.5 Å². The molecule has 1 fully saturated rings. The molecule has 0 aromatic heterocycles. The van der Waals surface area contributed by atoms with Gasteiger partial charge in [0.1, 0.15) is 17.2 Å². The standard InChI is InChI=1S/C12H11F2NO4/c13-8-3-7(4-9(14)10(8)12(17)18)15-11(16)6-1-2-19-5-6/h3-4,6H,1-2,5H2,(H,15,16)(H,17,18). The minimum Gasteiger partial charge on any atom is -0.477 e. The van der Waals surface area contributed by atoms with Crippen LogP contribution in [0.2, 0.25) is 0 Å². The molecule has 1 aliphatic rings. The highest BCUT2D eigenvalue weighted by Gasteiger charge is 2.24. The average Bonchev–Trinajstić information content (AvgIpc) is 2.80. The number of carbonyl (C=O) groups excluding carboxylic acids is 1. The number of benzene rings is 1. The van der Waals surface area contributed by atoms with E-state index >= 15 is 0 Å². The van der Waals surface area contributed by atoms with E-state index in [-0.39, 0.29) is 18.2 Å². The lowest BCUT2D eigenvalue weighted by atomic mass is 10.1. The van der Waals surface area contributed by atoms with E-state index in [1.165, 1.54) is 0 Å². The summed E-state index contributed by atoms with van der Waals surface area (Å²) >= 11 is 0. The average molecular weight is 271 g/mol. The molecule has 1 saturated heterocycles. The van der Waals surface area contributed by atoms with Gasteiger partial charge in [-0.1, -0.05) is 0 Å². The number of aromatic carboxylic acids is 1. The Morgan fingerprint density at radius 1 is 1.32 bits per heavy atom. The minimum absolute atomic E-state index is 0.114. The van der Waals surface area contributed by atoms with Crippen molar-refractivity contribution < 1.29 is 28.2 Å². The monoisotopic (exact) mass is 271 g/mol. The minimum atomic E-state index is -1.70. The van der Waals surface area contributed by atoms with E-state index in [0.29, 0.717) is 13.0 Å². The van der Waals surface area contributed by atoms with Gasteiger partial charge in [-0.05, 0) is 18.6 Å². The van der Waals surface area contributed by atoms with E-state index in [4.69, 9.17) is 9.84 Å². The lowest BCUT2D eigenvalue weighted by molar-refractivity contribution is -0.119. The van der Waals surface area contributed by atoms with Crippen LogP contribution in [-0.2, 0) is 9.53 Å². The molecule has 2 rings (SSSR count). The molecular weight excluding hydrogens is 260 g/mol. The molecule has 102 valence electrons. The zero-order valence-electron chi connectivity index (χ0n) is 9.78. The number of halogens is 2. The van der Waals surface area contributed by atoms with E-state index < -0.39 is 29.1 Å². The first-order valence-corrected chi connectivity index (χ1v) is 5.60. The third-order valence-electron chi connectivity index (χ3n) is 2.82. The fraction of sp³-hybridized carbons (Fsp3) is 0.333. The highest BCUT2D eigenvalue weighted by molar-refractivity contribution is 5.94. The van der Waals surface area contributed by atoms with E-state index in [9.17, 15) is 18.4 Å². The fourth-order valence-corrected chi connectivity index (χ4v) is 1.84. The largest absolute Gasteiger partial charge is 0.477 e. The van der Waals surface area contributed by atoms with Gasteiger partial charge in [0.2, 0.25) is 5.91 Å². The molecule has 1 amide bonds. The van der Waals surface area contributed by atoms with Gasteiger partial charge in [-0.15, -0.1) is 0 Å². The molecule has 0 saturated carbocycles. The summed E-state index contributed by atoms with van der Waals surface area (Å²) in [6, 6.07) is 1.56. The van der Waals surface area contributed by atoms with Gasteiger partial charge >= 0.3 is 5.97 Å². The quantitative estimate of drug-likeness (QED) is 0.876. The van der Waals surface area contributed by atoms with Crippen molar-refractivity contribution in [2.75, 3.05) is 18.5 Å². The number of nitrogens with one attached hydrogen (secondary N) is 1. The van der Waals surface area contributed by atoms with Gasteiger partial charge in [-0.2, -0.15) is 0 Å². The van der Waals surface area contributed by atoms with Crippen LogP contribution in [0, 0.1) is 17.6 Å². The topological polar surface area (TPSA) is 75.6 Å². The third-order valence-corrected chi connectivity index (χ3v) is 2.82. The maximum absolute atomic E-state index is 13.4. The Hall–Kier alpha value is -2.02. The maximum Gasteiger partial charge on any atom is 0.341 e. The fourth-order valence-electron chi connectivity index (χ4n) is 1.84. The predicted molar refractivity (Wildman–Crippen MR) is 60.9 cm³/mol. The van der Waals surface area contributed by atoms with E-state index in [1.807, 2.05) is 0 Å². The Labute approximate surface area is 107 Å². The number of hydrogen-bond acceptors (Lipinski definition) is 3. The molecule has 5 nitrogen and oxygen atoms in total. The van der Waals surface area contributed by atoms with Crippen molar-refractivity contribution >= 4 is 17.6 Å². The first-order valence-electron chi connectivity index (χ1n) is 5.60. The molecule has 0 aliphatic carbocycles. The molecule has 0 radical (unpaired) electrons. The molecule has 1 aromatic rings. The second kappa shape index (κ2) is 5.31. The SMILES string of the molecule is O=C(O)c1c(F)cc(NC(=O)C2CCOC2)cc1F. The molecule has 19 heavy (non-hydrogen) atoms. The Kier molecular flexibility index (Phi) is 3.75. The third kappa shape index (κ3) is 2.87. The Morgan fingerprint density at radius 3 is 2.42 bits per heavy atom. The first-order chi connectivity index (χ1) is 8.99. The van der Waals surface area contributed by atoms with Crippen LogP contribution in [-0.4, -0.2) is 30.2 Å². The Bertz CT molecular complexity index is 503. The van der Waals surface area contributed by atoms with Gasteiger partial charge in [-0.3, -0.25) is 4.79 Å². The molecule has 1 atom stereocenters. The molecule has 1 heterocycles. The van der Waals surface area contributed by atoms with E-state index in [1.54, 1.807) is 0 Å². The Balaban J connectivity index is 2.17. The molecule has 2 N–H and O–H groups in total. The zero-order valence-corrected chi connectivity index (χ0v) is 9.78. The normalized spacial score (nSPS) is 18.3. The van der Waals surface area contributed by atoms with Gasteiger partial charge < -0.3 is 15.2 Å². The number of carboxylic acid groups (broad SMARTS) is 1. The second-order valence-electron chi connectivity index (χ2n) is 4.17. The van der Waals surface area contributed by atoms with Crippen molar-refractivity contribution in [3.8, 4) is 0 Å². The molecule has 0 spiro atoms. The highest BCUT2D eigenvalue weighted by atomic mass is 19.1. The van der Waals surface area contributed by atoms with Crippen LogP contribution in [0.3, 0.4) is 0 Å². The van der Waals surface area contributed by atoms with Gasteiger partial charge in [-0.25, -0.2) is 13.6 Å². The van der Waals surface area contributed by atoms with Gasteiger partial charge in [0.25, 0.3) is 0 Å². The maximum atomic E-state index is 13.4. The van der Waals surface area contributed by atoms with E-state index in [0.717, 1.165) is 12.1 Å². The zero-order chi connectivity index (χ0) is 14.0. The summed E-state index contributed by atoms with van der Waals surface area (Å²) < 4.78 is 31.8. The van der Waals surface area contributed by atoms with Gasteiger partial charge in [0.05, 0.1) is 12.5 Å². The summed E-state index contributed by atoms with van der Waals surface area (Å²) in [7, 11) is 0. The van der Waals surface area contributed by atoms with Crippen LogP contribution in [0.15, 0.2) is 12.1 Å². The van der Waals surface area contributed by atoms with Crippen molar-refractivity contribution in [3.63, 3.8) is 0 Å². The molecule has 1 unspecified atom stereocenters. The number of anilines is 1. The Morgan fingerprint density at radius 2 is 1.95 bits per heavy atom. The highest BCUT2D eigenvalue weighted by Crippen LogP contribution is 2.21. The van der Waals surface area contributed by atoms with Gasteiger partial charge in [0.15, 0.2) is 0 Å². The molecular formula is C12H11F2NO4. The lowest BCUT2D eigenvalue weighted by Gasteiger charge is -2.10. The molecule has 1 aromatic carbocycles. The summed E-state index contributed by atoms with van der Waals surface area (Å²) in [5.41, 5.74) is -1.15. The van der Waals surface area contributed by atoms with Crippen LogP contribution < -0.4 is 5.32 Å². The summed E-state index contributed by atoms with van der Waals surface area (Å²) in [6.45, 7) is 0.739. The smallest absolute Gasteiger partial charge is 0.341 e. The van der Waals surface area contributed by atoms with Crippen molar-refractivity contribution in [1.29, 1.82) is 0 Å². The summed E-state index contributed by atoms with van der Waals surface area (Å²) in [5, 5.41) is 10.9. The molecule has 1 aliphatic heterocycles. The van der Waals surface area contributed by atoms with Crippen molar-refractivity contribution in [3.05, 3.63) is 29.3 Å². The molecule has 7 heteroatoms. The van der Waals surface area contributed by atoms with Crippen LogP contribution in [0.5, 0.6) is 0 Å². The number of hydrogen-bond donors (Lipinski definition) is 2. The predicted octanol–water partition coefficient (Wildman–Crippen LogP) is 1.64. The number of carboxylic acids is 1. The van der Waals surface area contributed by atoms with Crippen molar-refractivity contribution in [2.45, 2.75) is 6.42 Å². The second-order valence-corrected chi connectivity index (χ2v) is 4.17. The number of rotatable bonds is 3. The summed E-state index contributed by atoms with van der Waals surface area (Å²) in [5.74, 6) is -4.92.